The van der Waals surface area contributed by atoms with Crippen LogP contribution in [0.2, 0.25) is 0 Å². The number of rotatable bonds is 2. The maximum Gasteiger partial charge on any atom is 0.230 e. The fraction of sp³-hybridized carbons (Fsp3) is 0. The average molecular weight is 333 g/mol. The number of aromatic nitrogens is 1. The van der Waals surface area contributed by atoms with Crippen LogP contribution in [0.1, 0.15) is 0 Å². The molecule has 20 heavy (non-hydrogen) atoms. The van der Waals surface area contributed by atoms with Gasteiger partial charge in [0, 0.05) is 10.0 Å². The van der Waals surface area contributed by atoms with Crippen LogP contribution in [0.5, 0.6) is 0 Å². The molecule has 0 aliphatic heterocycles. The van der Waals surface area contributed by atoms with Crippen LogP contribution in [0.15, 0.2) is 57.5 Å². The van der Waals surface area contributed by atoms with Crippen molar-refractivity contribution in [2.45, 2.75) is 0 Å². The van der Waals surface area contributed by atoms with Crippen molar-refractivity contribution >= 4 is 21.8 Å². The summed E-state index contributed by atoms with van der Waals surface area (Å²) in [5, 5.41) is 3.98. The molecule has 2 N–H and O–H groups in total. The Morgan fingerprint density at radius 1 is 1.05 bits per heavy atom. The first-order valence-electron chi connectivity index (χ1n) is 5.92. The highest BCUT2D eigenvalue weighted by molar-refractivity contribution is 9.10. The number of anilines is 1. The summed E-state index contributed by atoms with van der Waals surface area (Å²) >= 11 is 3.42. The molecule has 3 rings (SSSR count). The summed E-state index contributed by atoms with van der Waals surface area (Å²) < 4.78 is 19.0. The van der Waals surface area contributed by atoms with Gasteiger partial charge in [0.25, 0.3) is 0 Å². The van der Waals surface area contributed by atoms with Gasteiger partial charge in [-0.2, -0.15) is 0 Å². The van der Waals surface area contributed by atoms with Gasteiger partial charge in [0.2, 0.25) is 5.88 Å². The molecule has 2 aromatic carbocycles. The van der Waals surface area contributed by atoms with Gasteiger partial charge in [-0.1, -0.05) is 33.2 Å². The molecule has 0 bridgehead atoms. The lowest BCUT2D eigenvalue weighted by atomic mass is 10.0. The first-order valence-corrected chi connectivity index (χ1v) is 6.71. The van der Waals surface area contributed by atoms with E-state index in [9.17, 15) is 4.39 Å². The number of hydrogen-bond donors (Lipinski definition) is 1. The van der Waals surface area contributed by atoms with Crippen LogP contribution >= 0.6 is 15.9 Å². The largest absolute Gasteiger partial charge is 0.367 e. The van der Waals surface area contributed by atoms with Crippen molar-refractivity contribution in [2.24, 2.45) is 0 Å². The minimum absolute atomic E-state index is 0.238. The number of hydrogen-bond acceptors (Lipinski definition) is 3. The fourth-order valence-corrected chi connectivity index (χ4v) is 2.43. The predicted octanol–water partition coefficient (Wildman–Crippen LogP) is 4.49. The lowest BCUT2D eigenvalue weighted by molar-refractivity contribution is 0.439. The lowest BCUT2D eigenvalue weighted by Crippen LogP contribution is -1.88. The van der Waals surface area contributed by atoms with Crippen LogP contribution in [0, 0.1) is 5.82 Å². The minimum atomic E-state index is -0.297. The monoisotopic (exact) mass is 332 g/mol. The zero-order valence-electron chi connectivity index (χ0n) is 10.3. The molecule has 0 radical (unpaired) electrons. The molecular formula is C15H10BrFN2O. The summed E-state index contributed by atoms with van der Waals surface area (Å²) in [6.45, 7) is 0. The van der Waals surface area contributed by atoms with Gasteiger partial charge in [-0.05, 0) is 42.0 Å². The van der Waals surface area contributed by atoms with Gasteiger partial charge < -0.3 is 10.3 Å². The molecule has 0 aliphatic rings. The number of nitrogen functional groups attached to an aromatic ring is 1. The summed E-state index contributed by atoms with van der Waals surface area (Å²) in [6.07, 6.45) is 0. The topological polar surface area (TPSA) is 52.0 Å². The Balaban J connectivity index is 2.17. The van der Waals surface area contributed by atoms with Crippen LogP contribution in [0.3, 0.4) is 0 Å². The van der Waals surface area contributed by atoms with Crippen LogP contribution in [-0.4, -0.2) is 5.16 Å². The maximum absolute atomic E-state index is 13.0. The zero-order chi connectivity index (χ0) is 14.1. The molecule has 3 nitrogen and oxygen atoms in total. The smallest absolute Gasteiger partial charge is 0.230 e. The van der Waals surface area contributed by atoms with Gasteiger partial charge in [0.15, 0.2) is 0 Å². The first kappa shape index (κ1) is 12.9. The Kier molecular flexibility index (Phi) is 3.28. The van der Waals surface area contributed by atoms with E-state index in [4.69, 9.17) is 10.3 Å². The molecule has 1 heterocycles. The standard InChI is InChI=1S/C15H10BrFN2O/c16-11-3-1-2-10(8-11)13-14(19-20-15(13)18)9-4-6-12(17)7-5-9/h1-8H,18H2. The molecule has 1 aromatic heterocycles. The van der Waals surface area contributed by atoms with Crippen LogP contribution < -0.4 is 5.73 Å². The van der Waals surface area contributed by atoms with E-state index >= 15 is 0 Å². The Labute approximate surface area is 123 Å². The van der Waals surface area contributed by atoms with E-state index in [2.05, 4.69) is 21.1 Å². The van der Waals surface area contributed by atoms with E-state index in [0.29, 0.717) is 11.3 Å². The second-order valence-corrected chi connectivity index (χ2v) is 5.20. The predicted molar refractivity (Wildman–Crippen MR) is 79.4 cm³/mol. The van der Waals surface area contributed by atoms with Gasteiger partial charge in [-0.25, -0.2) is 4.39 Å². The normalized spacial score (nSPS) is 10.7. The fourth-order valence-electron chi connectivity index (χ4n) is 2.03. The second kappa shape index (κ2) is 5.09. The van der Waals surface area contributed by atoms with E-state index < -0.39 is 0 Å². The summed E-state index contributed by atoms with van der Waals surface area (Å²) in [7, 11) is 0. The second-order valence-electron chi connectivity index (χ2n) is 4.29. The highest BCUT2D eigenvalue weighted by atomic mass is 79.9. The van der Waals surface area contributed by atoms with Crippen molar-refractivity contribution in [3.05, 3.63) is 58.8 Å². The third-order valence-corrected chi connectivity index (χ3v) is 3.44. The molecule has 0 unspecified atom stereocenters. The van der Waals surface area contributed by atoms with Crippen molar-refractivity contribution in [3.8, 4) is 22.4 Å². The van der Waals surface area contributed by atoms with Crippen molar-refractivity contribution in [2.75, 3.05) is 5.73 Å². The highest BCUT2D eigenvalue weighted by Crippen LogP contribution is 2.36. The summed E-state index contributed by atoms with van der Waals surface area (Å²) in [6, 6.07) is 13.7. The van der Waals surface area contributed by atoms with E-state index in [1.165, 1.54) is 12.1 Å². The zero-order valence-corrected chi connectivity index (χ0v) is 11.9. The number of nitrogens with two attached hydrogens (primary N) is 1. The molecular weight excluding hydrogens is 323 g/mol. The van der Waals surface area contributed by atoms with Crippen LogP contribution in [0.25, 0.3) is 22.4 Å². The van der Waals surface area contributed by atoms with E-state index in [-0.39, 0.29) is 11.7 Å². The van der Waals surface area contributed by atoms with Gasteiger partial charge in [0.05, 0.1) is 5.56 Å². The number of benzene rings is 2. The van der Waals surface area contributed by atoms with Crippen LogP contribution in [-0.2, 0) is 0 Å². The van der Waals surface area contributed by atoms with Gasteiger partial charge >= 0.3 is 0 Å². The Hall–Kier alpha value is -2.14. The summed E-state index contributed by atoms with van der Waals surface area (Å²) in [5.41, 5.74) is 8.81. The molecule has 0 spiro atoms. The Morgan fingerprint density at radius 3 is 2.50 bits per heavy atom. The van der Waals surface area contributed by atoms with E-state index in [1.807, 2.05) is 24.3 Å². The van der Waals surface area contributed by atoms with Gasteiger partial charge in [0.1, 0.15) is 11.5 Å². The molecule has 0 saturated carbocycles. The average Bonchev–Trinajstić information content (AvgIpc) is 2.81. The van der Waals surface area contributed by atoms with Gasteiger partial charge in [-0.3, -0.25) is 0 Å². The van der Waals surface area contributed by atoms with Crippen molar-refractivity contribution in [1.82, 2.24) is 5.16 Å². The molecule has 0 atom stereocenters. The molecule has 100 valence electrons. The maximum atomic E-state index is 13.0. The third kappa shape index (κ3) is 2.32. The molecule has 5 heteroatoms. The van der Waals surface area contributed by atoms with Crippen molar-refractivity contribution in [1.29, 1.82) is 0 Å². The summed E-state index contributed by atoms with van der Waals surface area (Å²) in [5.74, 6) is -0.0587. The minimum Gasteiger partial charge on any atom is -0.367 e. The third-order valence-electron chi connectivity index (χ3n) is 2.95. The van der Waals surface area contributed by atoms with E-state index in [0.717, 1.165) is 15.6 Å². The molecule has 0 amide bonds. The number of nitrogens with zero attached hydrogens (tertiary/aromatic N) is 1. The Bertz CT molecular complexity index is 753. The molecule has 0 fully saturated rings. The lowest BCUT2D eigenvalue weighted by Gasteiger charge is -2.03. The van der Waals surface area contributed by atoms with E-state index in [1.54, 1.807) is 12.1 Å². The quantitative estimate of drug-likeness (QED) is 0.752. The van der Waals surface area contributed by atoms with Crippen molar-refractivity contribution in [3.63, 3.8) is 0 Å². The molecule has 0 saturated heterocycles. The Morgan fingerprint density at radius 2 is 1.80 bits per heavy atom. The molecule has 0 aliphatic carbocycles. The van der Waals surface area contributed by atoms with Crippen molar-refractivity contribution < 1.29 is 8.91 Å². The number of halogens is 2. The SMILES string of the molecule is Nc1onc(-c2ccc(F)cc2)c1-c1cccc(Br)c1. The van der Waals surface area contributed by atoms with Gasteiger partial charge in [-0.15, -0.1) is 0 Å². The first-order chi connectivity index (χ1) is 9.65. The van der Waals surface area contributed by atoms with Crippen LogP contribution in [0.4, 0.5) is 10.3 Å². The summed E-state index contributed by atoms with van der Waals surface area (Å²) in [4.78, 5) is 0. The molecule has 3 aromatic rings. The highest BCUT2D eigenvalue weighted by Gasteiger charge is 2.17.